The topological polar surface area (TPSA) is 115 Å². The summed E-state index contributed by atoms with van der Waals surface area (Å²) in [6, 6.07) is 0. The van der Waals surface area contributed by atoms with Crippen LogP contribution in [0, 0.1) is 0 Å². The molecule has 0 bridgehead atoms. The van der Waals surface area contributed by atoms with Gasteiger partial charge < -0.3 is 15.3 Å². The Labute approximate surface area is 103 Å². The summed E-state index contributed by atoms with van der Waals surface area (Å²) in [4.78, 5) is 31.2. The first-order valence-corrected chi connectivity index (χ1v) is 3.29. The van der Waals surface area contributed by atoms with Crippen molar-refractivity contribution < 1.29 is 31.1 Å². The molecule has 0 aliphatic rings. The molecule has 8 heteroatoms. The second-order valence-corrected chi connectivity index (χ2v) is 2.33. The van der Waals surface area contributed by atoms with E-state index in [1.54, 1.807) is 0 Å². The Morgan fingerprint density at radius 3 is 1.21 bits per heavy atom. The molecule has 7 nitrogen and oxygen atoms in total. The quantitative estimate of drug-likeness (QED) is 0.440. The van der Waals surface area contributed by atoms with Gasteiger partial charge in [-0.1, -0.05) is 0 Å². The first-order valence-electron chi connectivity index (χ1n) is 3.29. The van der Waals surface area contributed by atoms with Gasteiger partial charge in [0.05, 0.1) is 19.6 Å². The Morgan fingerprint density at radius 2 is 1.07 bits per heavy atom. The Bertz CT molecular complexity index is 198. The van der Waals surface area contributed by atoms with Gasteiger partial charge in [0.2, 0.25) is 0 Å². The molecule has 0 amide bonds. The number of hydrogen-bond donors (Lipinski definition) is 3. The van der Waals surface area contributed by atoms with Crippen molar-refractivity contribution in [2.75, 3.05) is 19.6 Å². The number of carbonyl (C=O) groups is 3. The molecule has 0 saturated heterocycles. The minimum atomic E-state index is -1.26. The first kappa shape index (κ1) is 15.8. The van der Waals surface area contributed by atoms with Crippen molar-refractivity contribution in [3.8, 4) is 0 Å². The summed E-state index contributed by atoms with van der Waals surface area (Å²) in [5, 5.41) is 24.8. The van der Waals surface area contributed by atoms with Crippen molar-refractivity contribution in [3.63, 3.8) is 0 Å². The van der Waals surface area contributed by atoms with Crippen LogP contribution in [0.25, 0.3) is 0 Å². The fraction of sp³-hybridized carbons (Fsp3) is 0.500. The van der Waals surface area contributed by atoms with Gasteiger partial charge in [0.15, 0.2) is 0 Å². The third-order valence-electron chi connectivity index (χ3n) is 1.08. The van der Waals surface area contributed by atoms with E-state index in [9.17, 15) is 14.4 Å². The zero-order valence-corrected chi connectivity index (χ0v) is 6.63. The molecule has 0 heterocycles. The van der Waals surface area contributed by atoms with Gasteiger partial charge >= 0.3 is 48.9 Å². The summed E-state index contributed by atoms with van der Waals surface area (Å²) in [6.07, 6.45) is 0. The number of aliphatic carboxylic acids is 3. The summed E-state index contributed by atoms with van der Waals surface area (Å²) in [7, 11) is 0. The van der Waals surface area contributed by atoms with E-state index >= 15 is 0 Å². The summed E-state index contributed by atoms with van der Waals surface area (Å²) in [5.74, 6) is -3.78. The van der Waals surface area contributed by atoms with Crippen LogP contribution in [0.2, 0.25) is 0 Å². The normalized spacial score (nSPS) is 9.21. The predicted octanol–water partition coefficient (Wildman–Crippen LogP) is -1.99. The molecule has 0 aromatic heterocycles. The molecule has 14 heavy (non-hydrogen) atoms. The fourth-order valence-electron chi connectivity index (χ4n) is 0.742. The molecule has 3 N–H and O–H groups in total. The van der Waals surface area contributed by atoms with Gasteiger partial charge in [0.1, 0.15) is 0 Å². The molecule has 0 radical (unpaired) electrons. The van der Waals surface area contributed by atoms with Crippen LogP contribution in [0.3, 0.4) is 0 Å². The van der Waals surface area contributed by atoms with E-state index in [0.717, 1.165) is 4.90 Å². The van der Waals surface area contributed by atoms with Crippen LogP contribution in [0.1, 0.15) is 1.43 Å². The average Bonchev–Trinajstić information content (AvgIpc) is 1.80. The second-order valence-electron chi connectivity index (χ2n) is 2.33. The van der Waals surface area contributed by atoms with E-state index in [-0.39, 0.29) is 31.0 Å². The number of hydrogen-bond acceptors (Lipinski definition) is 4. The Hall–Kier alpha value is -0.630. The third kappa shape index (κ3) is 9.46. The molecule has 0 fully saturated rings. The van der Waals surface area contributed by atoms with E-state index in [4.69, 9.17) is 15.3 Å². The Balaban J connectivity index is -0.000000720. The summed E-state index contributed by atoms with van der Waals surface area (Å²) in [6.45, 7) is -1.80. The minimum absolute atomic E-state index is 0. The van der Waals surface area contributed by atoms with Crippen molar-refractivity contribution in [1.29, 1.82) is 0 Å². The number of carboxylic acids is 3. The van der Waals surface area contributed by atoms with E-state index in [1.165, 1.54) is 0 Å². The van der Waals surface area contributed by atoms with Gasteiger partial charge in [-0.05, 0) is 0 Å². The van der Waals surface area contributed by atoms with Crippen LogP contribution in [0.15, 0.2) is 0 Å². The van der Waals surface area contributed by atoms with Crippen LogP contribution in [0.5, 0.6) is 0 Å². The molecule has 0 spiro atoms. The monoisotopic (exact) mass is 216 g/mol. The first-order chi connectivity index (χ1) is 5.91. The second kappa shape index (κ2) is 7.74. The third-order valence-corrected chi connectivity index (χ3v) is 1.08. The molecule has 0 rings (SSSR count). The molecule has 76 valence electrons. The van der Waals surface area contributed by atoms with E-state index in [1.807, 2.05) is 0 Å². The summed E-state index contributed by atoms with van der Waals surface area (Å²) < 4.78 is 0. The van der Waals surface area contributed by atoms with Gasteiger partial charge in [-0.3, -0.25) is 19.3 Å². The van der Waals surface area contributed by atoms with Gasteiger partial charge in [0.25, 0.3) is 0 Å². The molecule has 0 aliphatic heterocycles. The molecule has 0 aliphatic carbocycles. The number of rotatable bonds is 6. The van der Waals surface area contributed by atoms with Gasteiger partial charge in [-0.2, -0.15) is 0 Å². The maximum absolute atomic E-state index is 10.1. The van der Waals surface area contributed by atoms with E-state index in [2.05, 4.69) is 0 Å². The van der Waals surface area contributed by atoms with Crippen LogP contribution in [0.4, 0.5) is 0 Å². The van der Waals surface area contributed by atoms with E-state index < -0.39 is 37.5 Å². The van der Waals surface area contributed by atoms with Crippen LogP contribution < -0.4 is 0 Å². The van der Waals surface area contributed by atoms with Crippen molar-refractivity contribution in [2.24, 2.45) is 0 Å². The molecule has 0 unspecified atom stereocenters. The zero-order valence-electron chi connectivity index (χ0n) is 7.63. The SMILES string of the molecule is O=C(O)CN(CC(=O)O)CC(=O)O.[H+].[NaH]. The van der Waals surface area contributed by atoms with E-state index in [0.29, 0.717) is 0 Å². The van der Waals surface area contributed by atoms with Crippen LogP contribution in [-0.4, -0.2) is 87.3 Å². The average molecular weight is 216 g/mol. The summed E-state index contributed by atoms with van der Waals surface area (Å²) >= 11 is 0. The van der Waals surface area contributed by atoms with Gasteiger partial charge in [-0.15, -0.1) is 0 Å². The molecular weight excluding hydrogens is 205 g/mol. The van der Waals surface area contributed by atoms with Crippen molar-refractivity contribution in [1.82, 2.24) is 4.90 Å². The van der Waals surface area contributed by atoms with Crippen molar-refractivity contribution in [3.05, 3.63) is 0 Å². The van der Waals surface area contributed by atoms with Crippen LogP contribution >= 0.6 is 0 Å². The van der Waals surface area contributed by atoms with Gasteiger partial charge in [-0.25, -0.2) is 0 Å². The number of carboxylic acid groups (broad SMARTS) is 3. The Kier molecular flexibility index (Phi) is 8.75. The number of nitrogens with zero attached hydrogens (tertiary/aromatic N) is 1. The fourth-order valence-corrected chi connectivity index (χ4v) is 0.742. The summed E-state index contributed by atoms with van der Waals surface area (Å²) in [5.41, 5.74) is 0. The molecular formula is C6H11NNaO6+. The molecule has 0 saturated carbocycles. The van der Waals surface area contributed by atoms with Crippen molar-refractivity contribution in [2.45, 2.75) is 0 Å². The Morgan fingerprint density at radius 1 is 0.857 bits per heavy atom. The predicted molar refractivity (Wildman–Crippen MR) is 47.6 cm³/mol. The molecule has 0 aromatic carbocycles. The maximum atomic E-state index is 10.1. The van der Waals surface area contributed by atoms with Crippen molar-refractivity contribution >= 4 is 47.5 Å². The standard InChI is InChI=1S/C6H9NO6.Na.H/c8-4(9)1-7(2-5(10)11)3-6(12)13;;/h1-3H2,(H,8,9)(H,10,11)(H,12,13);;/p+1. The zero-order chi connectivity index (χ0) is 10.4. The molecule has 0 aromatic rings. The van der Waals surface area contributed by atoms with Gasteiger partial charge in [0, 0.05) is 0 Å². The van der Waals surface area contributed by atoms with Crippen LogP contribution in [-0.2, 0) is 14.4 Å². The molecule has 0 atom stereocenters.